The molecule has 0 aliphatic rings. The average molecular weight is 264 g/mol. The van der Waals surface area contributed by atoms with Crippen LogP contribution in [0, 0.1) is 0 Å². The molecule has 0 N–H and O–H groups in total. The van der Waals surface area contributed by atoms with Gasteiger partial charge in [-0.2, -0.15) is 0 Å². The quantitative estimate of drug-likeness (QED) is 0.466. The Labute approximate surface area is 119 Å². The van der Waals surface area contributed by atoms with Crippen molar-refractivity contribution < 1.29 is 9.53 Å². The Balaban J connectivity index is 2.09. The molecule has 0 unspecified atom stereocenters. The number of carbonyl (C=O) groups is 1. The van der Waals surface area contributed by atoms with E-state index in [4.69, 9.17) is 4.74 Å². The predicted molar refractivity (Wildman–Crippen MR) is 82.3 cm³/mol. The molecule has 20 heavy (non-hydrogen) atoms. The Kier molecular flexibility index (Phi) is 4.51. The maximum atomic E-state index is 11.8. The van der Waals surface area contributed by atoms with E-state index >= 15 is 0 Å². The SMILES string of the molecule is C=C(C)c1ccccc1OC(=O)/C=C/c1ccccc1. The van der Waals surface area contributed by atoms with Gasteiger partial charge in [-0.25, -0.2) is 4.79 Å². The molecule has 0 heterocycles. The molecule has 0 bridgehead atoms. The van der Waals surface area contributed by atoms with Crippen molar-refractivity contribution in [2.24, 2.45) is 0 Å². The topological polar surface area (TPSA) is 26.3 Å². The Morgan fingerprint density at radius 2 is 1.70 bits per heavy atom. The van der Waals surface area contributed by atoms with Gasteiger partial charge in [-0.15, -0.1) is 0 Å². The van der Waals surface area contributed by atoms with E-state index in [-0.39, 0.29) is 0 Å². The van der Waals surface area contributed by atoms with E-state index in [0.29, 0.717) is 5.75 Å². The molecule has 2 aromatic rings. The molecule has 0 amide bonds. The molecule has 0 aromatic heterocycles. The van der Waals surface area contributed by atoms with Crippen LogP contribution in [-0.4, -0.2) is 5.97 Å². The van der Waals surface area contributed by atoms with Gasteiger partial charge in [-0.05, 0) is 30.2 Å². The zero-order chi connectivity index (χ0) is 14.4. The van der Waals surface area contributed by atoms with Crippen LogP contribution >= 0.6 is 0 Å². The van der Waals surface area contributed by atoms with E-state index in [0.717, 1.165) is 16.7 Å². The summed E-state index contributed by atoms with van der Waals surface area (Å²) in [7, 11) is 0. The number of para-hydroxylation sites is 1. The van der Waals surface area contributed by atoms with Gasteiger partial charge in [0.25, 0.3) is 0 Å². The summed E-state index contributed by atoms with van der Waals surface area (Å²) in [6, 6.07) is 17.0. The van der Waals surface area contributed by atoms with E-state index in [1.807, 2.05) is 55.5 Å². The third kappa shape index (κ3) is 3.69. The molecule has 2 rings (SSSR count). The van der Waals surface area contributed by atoms with Crippen LogP contribution in [0.15, 0.2) is 67.3 Å². The number of benzene rings is 2. The Bertz CT molecular complexity index is 639. The molecule has 0 aliphatic carbocycles. The van der Waals surface area contributed by atoms with Crippen LogP contribution in [0.2, 0.25) is 0 Å². The van der Waals surface area contributed by atoms with Crippen LogP contribution in [0.4, 0.5) is 0 Å². The second-order valence-corrected chi connectivity index (χ2v) is 4.44. The van der Waals surface area contributed by atoms with Gasteiger partial charge in [0.15, 0.2) is 0 Å². The zero-order valence-electron chi connectivity index (χ0n) is 11.4. The lowest BCUT2D eigenvalue weighted by Crippen LogP contribution is -2.05. The fourth-order valence-electron chi connectivity index (χ4n) is 1.78. The van der Waals surface area contributed by atoms with Gasteiger partial charge in [-0.3, -0.25) is 0 Å². The lowest BCUT2D eigenvalue weighted by molar-refractivity contribution is -0.128. The Morgan fingerprint density at radius 3 is 2.40 bits per heavy atom. The Hall–Kier alpha value is -2.61. The van der Waals surface area contributed by atoms with Crippen LogP contribution in [0.5, 0.6) is 5.75 Å². The summed E-state index contributed by atoms with van der Waals surface area (Å²) in [5.41, 5.74) is 2.66. The normalized spacial score (nSPS) is 10.4. The van der Waals surface area contributed by atoms with Gasteiger partial charge in [0.2, 0.25) is 0 Å². The molecule has 2 heteroatoms. The van der Waals surface area contributed by atoms with E-state index in [1.165, 1.54) is 6.08 Å². The Morgan fingerprint density at radius 1 is 1.05 bits per heavy atom. The second kappa shape index (κ2) is 6.53. The van der Waals surface area contributed by atoms with Gasteiger partial charge in [0, 0.05) is 11.6 Å². The number of allylic oxidation sites excluding steroid dienone is 1. The fraction of sp³-hybridized carbons (Fsp3) is 0.0556. The first-order valence-electron chi connectivity index (χ1n) is 6.36. The lowest BCUT2D eigenvalue weighted by atomic mass is 10.1. The summed E-state index contributed by atoms with van der Waals surface area (Å²) in [6.07, 6.45) is 3.15. The van der Waals surface area contributed by atoms with Crippen molar-refractivity contribution in [2.75, 3.05) is 0 Å². The van der Waals surface area contributed by atoms with Crippen molar-refractivity contribution in [1.82, 2.24) is 0 Å². The monoisotopic (exact) mass is 264 g/mol. The summed E-state index contributed by atoms with van der Waals surface area (Å²) >= 11 is 0. The molecule has 2 nitrogen and oxygen atoms in total. The largest absolute Gasteiger partial charge is 0.423 e. The molecule has 0 radical (unpaired) electrons. The summed E-state index contributed by atoms with van der Waals surface area (Å²) in [5, 5.41) is 0. The van der Waals surface area contributed by atoms with Crippen LogP contribution < -0.4 is 4.74 Å². The van der Waals surface area contributed by atoms with Gasteiger partial charge < -0.3 is 4.74 Å². The second-order valence-electron chi connectivity index (χ2n) is 4.44. The molecule has 2 aromatic carbocycles. The summed E-state index contributed by atoms with van der Waals surface area (Å²) in [6.45, 7) is 5.76. The molecule has 0 saturated carbocycles. The van der Waals surface area contributed by atoms with Crippen molar-refractivity contribution in [1.29, 1.82) is 0 Å². The highest BCUT2D eigenvalue weighted by Gasteiger charge is 2.06. The zero-order valence-corrected chi connectivity index (χ0v) is 11.4. The van der Waals surface area contributed by atoms with Gasteiger partial charge in [-0.1, -0.05) is 55.1 Å². The van der Waals surface area contributed by atoms with Crippen LogP contribution in [0.25, 0.3) is 11.6 Å². The van der Waals surface area contributed by atoms with Crippen LogP contribution in [0.3, 0.4) is 0 Å². The van der Waals surface area contributed by atoms with E-state index in [9.17, 15) is 4.79 Å². The van der Waals surface area contributed by atoms with Gasteiger partial charge in [0.1, 0.15) is 5.75 Å². The third-order valence-corrected chi connectivity index (χ3v) is 2.77. The minimum atomic E-state index is -0.400. The molecule has 0 fully saturated rings. The number of ether oxygens (including phenoxy) is 1. The maximum absolute atomic E-state index is 11.8. The molecular weight excluding hydrogens is 248 g/mol. The molecule has 100 valence electrons. The molecular formula is C18H16O2. The summed E-state index contributed by atoms with van der Waals surface area (Å²) in [4.78, 5) is 11.8. The van der Waals surface area contributed by atoms with Crippen molar-refractivity contribution in [3.63, 3.8) is 0 Å². The van der Waals surface area contributed by atoms with Crippen molar-refractivity contribution in [3.05, 3.63) is 78.4 Å². The molecule has 0 saturated heterocycles. The molecule has 0 atom stereocenters. The smallest absolute Gasteiger partial charge is 0.336 e. The summed E-state index contributed by atoms with van der Waals surface area (Å²) in [5.74, 6) is 0.130. The standard InChI is InChI=1S/C18H16O2/c1-14(2)16-10-6-7-11-17(16)20-18(19)13-12-15-8-4-3-5-9-15/h3-13H,1H2,2H3/b13-12+. The minimum Gasteiger partial charge on any atom is -0.423 e. The number of hydrogen-bond donors (Lipinski definition) is 0. The van der Waals surface area contributed by atoms with Crippen LogP contribution in [0.1, 0.15) is 18.1 Å². The average Bonchev–Trinajstić information content (AvgIpc) is 2.46. The molecule has 0 spiro atoms. The minimum absolute atomic E-state index is 0.400. The van der Waals surface area contributed by atoms with Gasteiger partial charge in [0.05, 0.1) is 0 Å². The van der Waals surface area contributed by atoms with E-state index in [1.54, 1.807) is 12.1 Å². The first-order valence-corrected chi connectivity index (χ1v) is 6.36. The first-order chi connectivity index (χ1) is 9.66. The number of carbonyl (C=O) groups excluding carboxylic acids is 1. The number of esters is 1. The lowest BCUT2D eigenvalue weighted by Gasteiger charge is -2.07. The van der Waals surface area contributed by atoms with Crippen molar-refractivity contribution in [2.45, 2.75) is 6.92 Å². The maximum Gasteiger partial charge on any atom is 0.336 e. The highest BCUT2D eigenvalue weighted by molar-refractivity contribution is 5.89. The third-order valence-electron chi connectivity index (χ3n) is 2.77. The van der Waals surface area contributed by atoms with Crippen LogP contribution in [-0.2, 0) is 4.79 Å². The van der Waals surface area contributed by atoms with Crippen molar-refractivity contribution >= 4 is 17.6 Å². The van der Waals surface area contributed by atoms with E-state index in [2.05, 4.69) is 6.58 Å². The summed E-state index contributed by atoms with van der Waals surface area (Å²) < 4.78 is 5.34. The first kappa shape index (κ1) is 13.8. The van der Waals surface area contributed by atoms with Gasteiger partial charge >= 0.3 is 5.97 Å². The molecule has 0 aliphatic heterocycles. The highest BCUT2D eigenvalue weighted by Crippen LogP contribution is 2.24. The number of hydrogen-bond acceptors (Lipinski definition) is 2. The van der Waals surface area contributed by atoms with Crippen molar-refractivity contribution in [3.8, 4) is 5.75 Å². The fourth-order valence-corrected chi connectivity index (χ4v) is 1.78. The van der Waals surface area contributed by atoms with E-state index < -0.39 is 5.97 Å². The number of rotatable bonds is 4. The predicted octanol–water partition coefficient (Wildman–Crippen LogP) is 4.34. The highest BCUT2D eigenvalue weighted by atomic mass is 16.5.